The molecule has 2 heterocycles. The Balaban J connectivity index is 1.53. The molecule has 3 rings (SSSR count). The van der Waals surface area contributed by atoms with Crippen LogP contribution in [-0.4, -0.2) is 49.1 Å². The molecule has 25 heavy (non-hydrogen) atoms. The second-order valence-electron chi connectivity index (χ2n) is 8.04. The first-order chi connectivity index (χ1) is 11.9. The molecule has 0 saturated carbocycles. The first-order valence-electron chi connectivity index (χ1n) is 9.06. The third-order valence-corrected chi connectivity index (χ3v) is 5.32. The average Bonchev–Trinajstić information content (AvgIpc) is 2.71. The SMILES string of the molecule is CC1(C)CNC(=O)C2(CCN(CC=Cc3ccc(F)cc3)CC2)NC1. The van der Waals surface area contributed by atoms with Crippen LogP contribution in [0.25, 0.3) is 6.08 Å². The van der Waals surface area contributed by atoms with Crippen molar-refractivity contribution in [3.05, 3.63) is 41.7 Å². The van der Waals surface area contributed by atoms with Gasteiger partial charge in [0.1, 0.15) is 11.4 Å². The number of piperidine rings is 1. The van der Waals surface area contributed by atoms with Crippen molar-refractivity contribution in [2.24, 2.45) is 5.41 Å². The number of hydrogen-bond acceptors (Lipinski definition) is 3. The molecule has 1 aromatic carbocycles. The number of rotatable bonds is 3. The van der Waals surface area contributed by atoms with E-state index in [9.17, 15) is 9.18 Å². The van der Waals surface area contributed by atoms with Gasteiger partial charge in [-0.1, -0.05) is 38.1 Å². The average molecular weight is 345 g/mol. The van der Waals surface area contributed by atoms with Gasteiger partial charge in [-0.3, -0.25) is 9.69 Å². The van der Waals surface area contributed by atoms with Gasteiger partial charge in [-0.15, -0.1) is 0 Å². The highest BCUT2D eigenvalue weighted by molar-refractivity contribution is 5.86. The fraction of sp³-hybridized carbons (Fsp3) is 0.550. The zero-order chi connectivity index (χ0) is 17.9. The van der Waals surface area contributed by atoms with Gasteiger partial charge >= 0.3 is 0 Å². The Morgan fingerprint density at radius 1 is 1.16 bits per heavy atom. The van der Waals surface area contributed by atoms with Crippen LogP contribution in [0.2, 0.25) is 0 Å². The van der Waals surface area contributed by atoms with Gasteiger partial charge in [-0.2, -0.15) is 0 Å². The highest BCUT2D eigenvalue weighted by Gasteiger charge is 2.43. The Hall–Kier alpha value is -1.72. The summed E-state index contributed by atoms with van der Waals surface area (Å²) in [4.78, 5) is 14.9. The standard InChI is InChI=1S/C20H28FN3O/c1-19(2)14-22-18(25)20(23-15-19)9-12-24(13-10-20)11-3-4-16-5-7-17(21)8-6-16/h3-8,23H,9-15H2,1-2H3,(H,22,25). The lowest BCUT2D eigenvalue weighted by molar-refractivity contribution is -0.129. The lowest BCUT2D eigenvalue weighted by atomic mass is 9.86. The molecule has 2 aliphatic heterocycles. The normalized spacial score (nSPS) is 23.6. The Morgan fingerprint density at radius 3 is 2.52 bits per heavy atom. The number of halogens is 1. The molecule has 0 unspecified atom stereocenters. The van der Waals surface area contributed by atoms with Gasteiger partial charge in [0.05, 0.1) is 0 Å². The Morgan fingerprint density at radius 2 is 1.84 bits per heavy atom. The molecule has 2 N–H and O–H groups in total. The number of amides is 1. The summed E-state index contributed by atoms with van der Waals surface area (Å²) in [5.41, 5.74) is 0.681. The first-order valence-corrected chi connectivity index (χ1v) is 9.06. The number of carbonyl (C=O) groups is 1. The molecule has 0 aromatic heterocycles. The van der Waals surface area contributed by atoms with E-state index in [-0.39, 0.29) is 17.1 Å². The molecule has 2 aliphatic rings. The van der Waals surface area contributed by atoms with Crippen molar-refractivity contribution in [2.45, 2.75) is 32.2 Å². The summed E-state index contributed by atoms with van der Waals surface area (Å²) >= 11 is 0. The highest BCUT2D eigenvalue weighted by Crippen LogP contribution is 2.27. The molecule has 4 nitrogen and oxygen atoms in total. The largest absolute Gasteiger partial charge is 0.354 e. The third-order valence-electron chi connectivity index (χ3n) is 5.32. The number of carbonyl (C=O) groups excluding carboxylic acids is 1. The fourth-order valence-electron chi connectivity index (χ4n) is 3.47. The zero-order valence-corrected chi connectivity index (χ0v) is 15.1. The van der Waals surface area contributed by atoms with Gasteiger partial charge < -0.3 is 10.6 Å². The maximum absolute atomic E-state index is 12.9. The summed E-state index contributed by atoms with van der Waals surface area (Å²) in [6, 6.07) is 6.50. The van der Waals surface area contributed by atoms with E-state index in [1.165, 1.54) is 12.1 Å². The van der Waals surface area contributed by atoms with Crippen LogP contribution in [-0.2, 0) is 4.79 Å². The van der Waals surface area contributed by atoms with Gasteiger partial charge in [-0.25, -0.2) is 4.39 Å². The van der Waals surface area contributed by atoms with Crippen molar-refractivity contribution >= 4 is 12.0 Å². The van der Waals surface area contributed by atoms with E-state index < -0.39 is 5.54 Å². The van der Waals surface area contributed by atoms with Crippen LogP contribution >= 0.6 is 0 Å². The number of benzene rings is 1. The van der Waals surface area contributed by atoms with E-state index in [4.69, 9.17) is 0 Å². The highest BCUT2D eigenvalue weighted by atomic mass is 19.1. The Kier molecular flexibility index (Phi) is 5.25. The summed E-state index contributed by atoms with van der Waals surface area (Å²) in [5, 5.41) is 6.67. The van der Waals surface area contributed by atoms with Gasteiger partial charge in [0, 0.05) is 32.7 Å². The second-order valence-corrected chi connectivity index (χ2v) is 8.04. The summed E-state index contributed by atoms with van der Waals surface area (Å²) in [6.45, 7) is 8.58. The minimum absolute atomic E-state index is 0.0915. The summed E-state index contributed by atoms with van der Waals surface area (Å²) in [7, 11) is 0. The molecule has 0 atom stereocenters. The predicted molar refractivity (Wildman–Crippen MR) is 98.6 cm³/mol. The number of hydrogen-bond donors (Lipinski definition) is 2. The van der Waals surface area contributed by atoms with E-state index >= 15 is 0 Å². The van der Waals surface area contributed by atoms with E-state index in [1.807, 2.05) is 6.08 Å². The summed E-state index contributed by atoms with van der Waals surface area (Å²) in [6.07, 6.45) is 5.79. The van der Waals surface area contributed by atoms with Gasteiger partial charge in [0.2, 0.25) is 5.91 Å². The van der Waals surface area contributed by atoms with Crippen molar-refractivity contribution in [1.82, 2.24) is 15.5 Å². The van der Waals surface area contributed by atoms with Gasteiger partial charge in [0.25, 0.3) is 0 Å². The minimum atomic E-state index is -0.412. The van der Waals surface area contributed by atoms with Gasteiger partial charge in [-0.05, 0) is 36.0 Å². The van der Waals surface area contributed by atoms with Crippen molar-refractivity contribution < 1.29 is 9.18 Å². The number of nitrogens with zero attached hydrogens (tertiary/aromatic N) is 1. The van der Waals surface area contributed by atoms with E-state index in [0.717, 1.165) is 51.1 Å². The maximum Gasteiger partial charge on any atom is 0.240 e. The molecule has 136 valence electrons. The van der Waals surface area contributed by atoms with Crippen molar-refractivity contribution in [3.63, 3.8) is 0 Å². The van der Waals surface area contributed by atoms with Crippen LogP contribution in [0.1, 0.15) is 32.3 Å². The molecule has 1 spiro atoms. The molecule has 0 radical (unpaired) electrons. The van der Waals surface area contributed by atoms with Gasteiger partial charge in [0.15, 0.2) is 0 Å². The van der Waals surface area contributed by atoms with E-state index in [1.54, 1.807) is 12.1 Å². The Labute approximate surface area is 149 Å². The molecule has 2 fully saturated rings. The number of nitrogens with one attached hydrogen (secondary N) is 2. The minimum Gasteiger partial charge on any atom is -0.354 e. The molecule has 5 heteroatoms. The summed E-state index contributed by atoms with van der Waals surface area (Å²) in [5.74, 6) is -0.0598. The maximum atomic E-state index is 12.9. The molecule has 1 aromatic rings. The van der Waals surface area contributed by atoms with Crippen molar-refractivity contribution in [1.29, 1.82) is 0 Å². The van der Waals surface area contributed by atoms with Crippen molar-refractivity contribution in [2.75, 3.05) is 32.7 Å². The smallest absolute Gasteiger partial charge is 0.240 e. The van der Waals surface area contributed by atoms with E-state index in [0.29, 0.717) is 0 Å². The lowest BCUT2D eigenvalue weighted by Gasteiger charge is -2.40. The first kappa shape index (κ1) is 18.1. The quantitative estimate of drug-likeness (QED) is 0.884. The molecule has 0 bridgehead atoms. The van der Waals surface area contributed by atoms with Crippen LogP contribution < -0.4 is 10.6 Å². The van der Waals surface area contributed by atoms with Crippen LogP contribution in [0.15, 0.2) is 30.3 Å². The molecule has 0 aliphatic carbocycles. The zero-order valence-electron chi connectivity index (χ0n) is 15.1. The monoisotopic (exact) mass is 345 g/mol. The molecule has 1 amide bonds. The molecule has 2 saturated heterocycles. The van der Waals surface area contributed by atoms with Crippen LogP contribution in [0.5, 0.6) is 0 Å². The van der Waals surface area contributed by atoms with Crippen LogP contribution in [0.4, 0.5) is 4.39 Å². The Bertz CT molecular complexity index is 631. The van der Waals surface area contributed by atoms with Crippen molar-refractivity contribution in [3.8, 4) is 0 Å². The predicted octanol–water partition coefficient (Wildman–Crippen LogP) is 2.42. The third kappa shape index (κ3) is 4.47. The molecular formula is C20H28FN3O. The molecular weight excluding hydrogens is 317 g/mol. The van der Waals surface area contributed by atoms with E-state index in [2.05, 4.69) is 35.5 Å². The van der Waals surface area contributed by atoms with Crippen LogP contribution in [0, 0.1) is 11.2 Å². The van der Waals surface area contributed by atoms with Crippen LogP contribution in [0.3, 0.4) is 0 Å². The fourth-order valence-corrected chi connectivity index (χ4v) is 3.47. The number of likely N-dealkylation sites (tertiary alicyclic amines) is 1. The summed E-state index contributed by atoms with van der Waals surface area (Å²) < 4.78 is 12.9. The lowest BCUT2D eigenvalue weighted by Crippen LogP contribution is -2.60. The topological polar surface area (TPSA) is 44.4 Å². The second kappa shape index (κ2) is 7.26.